The van der Waals surface area contributed by atoms with Gasteiger partial charge in [0.2, 0.25) is 0 Å². The highest BCUT2D eigenvalue weighted by molar-refractivity contribution is 14.0. The Balaban J connectivity index is 0.00000264. The molecule has 0 atom stereocenters. The van der Waals surface area contributed by atoms with Gasteiger partial charge in [0.1, 0.15) is 0 Å². The number of halogens is 1. The van der Waals surface area contributed by atoms with Gasteiger partial charge in [0.05, 0.1) is 6.61 Å². The fourth-order valence-corrected chi connectivity index (χ4v) is 3.12. The molecular formula is C16H31IN4O2. The molecule has 0 aromatic rings. The molecule has 1 amide bonds. The second-order valence-electron chi connectivity index (χ2n) is 6.56. The Labute approximate surface area is 156 Å². The summed E-state index contributed by atoms with van der Waals surface area (Å²) in [4.78, 5) is 17.9. The number of carbonyl (C=O) groups excluding carboxylic acids is 1. The van der Waals surface area contributed by atoms with E-state index in [-0.39, 0.29) is 30.1 Å². The van der Waals surface area contributed by atoms with Gasteiger partial charge in [0.15, 0.2) is 5.96 Å². The monoisotopic (exact) mass is 438 g/mol. The lowest BCUT2D eigenvalue weighted by molar-refractivity contribution is 0.0963. The topological polar surface area (TPSA) is 80.0 Å². The molecule has 2 fully saturated rings. The molecule has 6 nitrogen and oxygen atoms in total. The molecule has 2 aliphatic rings. The van der Waals surface area contributed by atoms with E-state index in [0.717, 1.165) is 19.4 Å². The zero-order valence-electron chi connectivity index (χ0n) is 14.3. The maximum atomic E-state index is 11.6. The van der Waals surface area contributed by atoms with E-state index < -0.39 is 0 Å². The zero-order valence-corrected chi connectivity index (χ0v) is 16.7. The number of rotatable bonds is 6. The van der Waals surface area contributed by atoms with Crippen molar-refractivity contribution >= 4 is 36.0 Å². The van der Waals surface area contributed by atoms with Crippen molar-refractivity contribution in [3.63, 3.8) is 0 Å². The summed E-state index contributed by atoms with van der Waals surface area (Å²) < 4.78 is 5.02. The fraction of sp³-hybridized carbons (Fsp3) is 0.875. The quantitative estimate of drug-likeness (QED) is 0.380. The van der Waals surface area contributed by atoms with Gasteiger partial charge in [-0.25, -0.2) is 4.79 Å². The van der Waals surface area contributed by atoms with Crippen LogP contribution in [0.3, 0.4) is 0 Å². The number of carbonyl (C=O) groups is 1. The number of hydrogen-bond donors (Lipinski definition) is 2. The summed E-state index contributed by atoms with van der Waals surface area (Å²) in [6.07, 6.45) is 6.60. The van der Waals surface area contributed by atoms with Crippen LogP contribution in [0.15, 0.2) is 4.99 Å². The number of piperidine rings is 1. The molecule has 0 aromatic heterocycles. The van der Waals surface area contributed by atoms with Gasteiger partial charge in [0, 0.05) is 25.7 Å². The van der Waals surface area contributed by atoms with E-state index in [9.17, 15) is 4.79 Å². The minimum absolute atomic E-state index is 0. The van der Waals surface area contributed by atoms with Gasteiger partial charge in [-0.15, -0.1) is 24.0 Å². The number of nitrogens with zero attached hydrogens (tertiary/aromatic N) is 2. The fourth-order valence-electron chi connectivity index (χ4n) is 3.12. The summed E-state index contributed by atoms with van der Waals surface area (Å²) in [5, 5.41) is 3.30. The number of nitrogens with one attached hydrogen (secondary N) is 1. The van der Waals surface area contributed by atoms with Gasteiger partial charge in [-0.1, -0.05) is 13.3 Å². The van der Waals surface area contributed by atoms with E-state index in [4.69, 9.17) is 10.5 Å². The maximum absolute atomic E-state index is 11.6. The van der Waals surface area contributed by atoms with Crippen LogP contribution in [0.1, 0.15) is 52.4 Å². The Morgan fingerprint density at radius 3 is 2.52 bits per heavy atom. The molecule has 2 rings (SSSR count). The molecular weight excluding hydrogens is 407 g/mol. The Hall–Kier alpha value is -0.730. The summed E-state index contributed by atoms with van der Waals surface area (Å²) >= 11 is 0. The average Bonchev–Trinajstić information content (AvgIpc) is 3.27. The predicted molar refractivity (Wildman–Crippen MR) is 103 cm³/mol. The maximum Gasteiger partial charge on any atom is 0.409 e. The SMILES string of the molecule is CCCC1(CN=C(N)NC2CCN(C(=O)OCC)CC2)CC1.I. The Morgan fingerprint density at radius 2 is 2.00 bits per heavy atom. The van der Waals surface area contributed by atoms with Crippen LogP contribution in [0.2, 0.25) is 0 Å². The minimum Gasteiger partial charge on any atom is -0.450 e. The van der Waals surface area contributed by atoms with Crippen LogP contribution in [0, 0.1) is 5.41 Å². The molecule has 0 radical (unpaired) electrons. The largest absolute Gasteiger partial charge is 0.450 e. The van der Waals surface area contributed by atoms with Crippen molar-refractivity contribution in [1.82, 2.24) is 10.2 Å². The van der Waals surface area contributed by atoms with Crippen LogP contribution in [0.4, 0.5) is 4.79 Å². The summed E-state index contributed by atoms with van der Waals surface area (Å²) in [5.41, 5.74) is 6.45. The molecule has 3 N–H and O–H groups in total. The van der Waals surface area contributed by atoms with Gasteiger partial charge in [-0.2, -0.15) is 0 Å². The van der Waals surface area contributed by atoms with Crippen LogP contribution in [0.25, 0.3) is 0 Å². The Kier molecular flexibility index (Phi) is 8.42. The van der Waals surface area contributed by atoms with Crippen LogP contribution < -0.4 is 11.1 Å². The molecule has 1 aliphatic heterocycles. The summed E-state index contributed by atoms with van der Waals surface area (Å²) in [7, 11) is 0. The number of nitrogens with two attached hydrogens (primary N) is 1. The lowest BCUT2D eigenvalue weighted by atomic mass is 10.0. The van der Waals surface area contributed by atoms with Gasteiger partial charge in [-0.3, -0.25) is 4.99 Å². The molecule has 7 heteroatoms. The Morgan fingerprint density at radius 1 is 1.35 bits per heavy atom. The number of amides is 1. The predicted octanol–water partition coefficient (Wildman–Crippen LogP) is 2.71. The third kappa shape index (κ3) is 6.35. The van der Waals surface area contributed by atoms with E-state index in [1.54, 1.807) is 4.90 Å². The molecule has 1 saturated heterocycles. The summed E-state index contributed by atoms with van der Waals surface area (Å²) in [6, 6.07) is 0.302. The van der Waals surface area contributed by atoms with Crippen molar-refractivity contribution in [1.29, 1.82) is 0 Å². The minimum atomic E-state index is -0.210. The second-order valence-corrected chi connectivity index (χ2v) is 6.56. The van der Waals surface area contributed by atoms with E-state index >= 15 is 0 Å². The molecule has 1 aliphatic carbocycles. The molecule has 134 valence electrons. The van der Waals surface area contributed by atoms with Gasteiger partial charge < -0.3 is 20.7 Å². The van der Waals surface area contributed by atoms with E-state index in [1.165, 1.54) is 25.7 Å². The van der Waals surface area contributed by atoms with E-state index in [1.807, 2.05) is 6.92 Å². The smallest absolute Gasteiger partial charge is 0.409 e. The first-order valence-electron chi connectivity index (χ1n) is 8.57. The molecule has 0 aromatic carbocycles. The molecule has 0 spiro atoms. The molecule has 0 bridgehead atoms. The summed E-state index contributed by atoms with van der Waals surface area (Å²) in [6.45, 7) is 6.75. The third-order valence-electron chi connectivity index (χ3n) is 4.70. The van der Waals surface area contributed by atoms with Crippen molar-refractivity contribution in [2.75, 3.05) is 26.2 Å². The van der Waals surface area contributed by atoms with Crippen LogP contribution >= 0.6 is 24.0 Å². The molecule has 0 unspecified atom stereocenters. The number of likely N-dealkylation sites (tertiary alicyclic amines) is 1. The lowest BCUT2D eigenvalue weighted by Gasteiger charge is -2.31. The van der Waals surface area contributed by atoms with Crippen LogP contribution in [0.5, 0.6) is 0 Å². The second kappa shape index (κ2) is 9.54. The van der Waals surface area contributed by atoms with E-state index in [2.05, 4.69) is 17.2 Å². The van der Waals surface area contributed by atoms with Crippen molar-refractivity contribution < 1.29 is 9.53 Å². The highest BCUT2D eigenvalue weighted by Crippen LogP contribution is 2.49. The zero-order chi connectivity index (χ0) is 16.0. The summed E-state index contributed by atoms with van der Waals surface area (Å²) in [5.74, 6) is 0.553. The number of aliphatic imine (C=N–C) groups is 1. The standard InChI is InChI=1S/C16H30N4O2.HI/c1-3-7-16(8-9-16)12-18-14(17)19-13-5-10-20(11-6-13)15(21)22-4-2;/h13H,3-12H2,1-2H3,(H3,17,18,19);1H. The number of hydrogen-bond acceptors (Lipinski definition) is 3. The third-order valence-corrected chi connectivity index (χ3v) is 4.70. The van der Waals surface area contributed by atoms with Crippen molar-refractivity contribution in [2.24, 2.45) is 16.1 Å². The Bertz CT molecular complexity index is 405. The van der Waals surface area contributed by atoms with Crippen molar-refractivity contribution in [3.05, 3.63) is 0 Å². The van der Waals surface area contributed by atoms with Crippen LogP contribution in [-0.2, 0) is 4.74 Å². The lowest BCUT2D eigenvalue weighted by Crippen LogP contribution is -2.48. The normalized spacial score (nSPS) is 20.6. The molecule has 1 heterocycles. The molecule has 23 heavy (non-hydrogen) atoms. The van der Waals surface area contributed by atoms with Gasteiger partial charge in [-0.05, 0) is 44.4 Å². The van der Waals surface area contributed by atoms with Gasteiger partial charge >= 0.3 is 6.09 Å². The first kappa shape index (κ1) is 20.3. The average molecular weight is 438 g/mol. The van der Waals surface area contributed by atoms with Crippen molar-refractivity contribution in [2.45, 2.75) is 58.4 Å². The molecule has 1 saturated carbocycles. The first-order valence-corrected chi connectivity index (χ1v) is 8.57. The van der Waals surface area contributed by atoms with Gasteiger partial charge in [0.25, 0.3) is 0 Å². The van der Waals surface area contributed by atoms with E-state index in [0.29, 0.717) is 37.1 Å². The van der Waals surface area contributed by atoms with Crippen LogP contribution in [-0.4, -0.2) is 49.2 Å². The first-order chi connectivity index (χ1) is 10.6. The number of ether oxygens (including phenoxy) is 1. The highest BCUT2D eigenvalue weighted by Gasteiger charge is 2.41. The highest BCUT2D eigenvalue weighted by atomic mass is 127. The number of guanidine groups is 1. The van der Waals surface area contributed by atoms with Crippen molar-refractivity contribution in [3.8, 4) is 0 Å².